The van der Waals surface area contributed by atoms with Crippen molar-refractivity contribution in [3.8, 4) is 0 Å². The molecule has 0 fully saturated rings. The molecule has 5 heteroatoms. The zero-order valence-electron chi connectivity index (χ0n) is 5.39. The van der Waals surface area contributed by atoms with Crippen LogP contribution >= 0.6 is 0 Å². The van der Waals surface area contributed by atoms with Crippen molar-refractivity contribution in [3.63, 3.8) is 0 Å². The number of carbonyl (C=O) groups excluding carboxylic acids is 1. The van der Waals surface area contributed by atoms with Crippen molar-refractivity contribution in [1.82, 2.24) is 9.97 Å². The van der Waals surface area contributed by atoms with Crippen LogP contribution in [0.25, 0.3) is 0 Å². The summed E-state index contributed by atoms with van der Waals surface area (Å²) in [6, 6.07) is 0. The highest BCUT2D eigenvalue weighted by Gasteiger charge is 2.31. The third-order valence-corrected chi connectivity index (χ3v) is 1.37. The van der Waals surface area contributed by atoms with Gasteiger partial charge in [-0.3, -0.25) is 4.98 Å². The average molecular weight is 152 g/mol. The summed E-state index contributed by atoms with van der Waals surface area (Å²) >= 11 is 0. The van der Waals surface area contributed by atoms with E-state index in [-0.39, 0.29) is 11.4 Å². The quantitative estimate of drug-likeness (QED) is 0.514. The molecule has 1 N–H and O–H groups in total. The van der Waals surface area contributed by atoms with Crippen molar-refractivity contribution in [2.24, 2.45) is 0 Å². The predicted molar refractivity (Wildman–Crippen MR) is 32.4 cm³/mol. The van der Waals surface area contributed by atoms with Crippen molar-refractivity contribution in [2.75, 3.05) is 0 Å². The summed E-state index contributed by atoms with van der Waals surface area (Å²) in [5.41, 5.74) is 0.289. The number of carbonyl (C=O) groups is 1. The standard InChI is InChI=1S/C6H4N2O3/c9-5-3-4(6(10)11-5)8-2-1-7-3/h1-2,5,9H. The molecule has 1 aliphatic heterocycles. The predicted octanol–water partition coefficient (Wildman–Crippen LogP) is -0.362. The number of rotatable bonds is 0. The van der Waals surface area contributed by atoms with Crippen LogP contribution in [0, 0.1) is 0 Å². The first kappa shape index (κ1) is 6.23. The lowest BCUT2D eigenvalue weighted by atomic mass is 10.3. The van der Waals surface area contributed by atoms with Crippen LogP contribution in [0.3, 0.4) is 0 Å². The lowest BCUT2D eigenvalue weighted by molar-refractivity contribution is -0.0568. The Hall–Kier alpha value is -1.49. The highest BCUT2D eigenvalue weighted by molar-refractivity contribution is 5.90. The third kappa shape index (κ3) is 0.779. The Morgan fingerprint density at radius 1 is 1.45 bits per heavy atom. The van der Waals surface area contributed by atoms with E-state index >= 15 is 0 Å². The first-order valence-electron chi connectivity index (χ1n) is 2.99. The molecule has 1 unspecified atom stereocenters. The van der Waals surface area contributed by atoms with Crippen molar-refractivity contribution < 1.29 is 14.6 Å². The summed E-state index contributed by atoms with van der Waals surface area (Å²) in [6.45, 7) is 0. The Labute approximate surface area is 61.7 Å². The molecule has 0 aromatic carbocycles. The van der Waals surface area contributed by atoms with Gasteiger partial charge in [-0.2, -0.15) is 0 Å². The largest absolute Gasteiger partial charge is 0.425 e. The van der Waals surface area contributed by atoms with E-state index < -0.39 is 12.3 Å². The molecule has 5 nitrogen and oxygen atoms in total. The number of aliphatic hydroxyl groups is 1. The van der Waals surface area contributed by atoms with Crippen LogP contribution in [-0.2, 0) is 4.74 Å². The molecule has 0 spiro atoms. The molecule has 0 amide bonds. The van der Waals surface area contributed by atoms with Gasteiger partial charge in [0.1, 0.15) is 5.69 Å². The number of ether oxygens (including phenoxy) is 1. The third-order valence-electron chi connectivity index (χ3n) is 1.37. The molecule has 0 saturated heterocycles. The first-order valence-corrected chi connectivity index (χ1v) is 2.99. The minimum absolute atomic E-state index is 0.0972. The Morgan fingerprint density at radius 2 is 2.18 bits per heavy atom. The second-order valence-corrected chi connectivity index (χ2v) is 2.05. The topological polar surface area (TPSA) is 72.3 Å². The van der Waals surface area contributed by atoms with E-state index in [2.05, 4.69) is 14.7 Å². The number of esters is 1. The van der Waals surface area contributed by atoms with E-state index in [4.69, 9.17) is 5.11 Å². The van der Waals surface area contributed by atoms with Crippen LogP contribution in [0.2, 0.25) is 0 Å². The van der Waals surface area contributed by atoms with E-state index in [0.717, 1.165) is 0 Å². The smallest absolute Gasteiger partial charge is 0.361 e. The molecule has 1 aromatic heterocycles. The molecule has 2 heterocycles. The van der Waals surface area contributed by atoms with Gasteiger partial charge in [-0.25, -0.2) is 9.78 Å². The number of hydrogen-bond acceptors (Lipinski definition) is 5. The number of hydrogen-bond donors (Lipinski definition) is 1. The fourth-order valence-electron chi connectivity index (χ4n) is 0.900. The highest BCUT2D eigenvalue weighted by Crippen LogP contribution is 2.23. The van der Waals surface area contributed by atoms with Gasteiger partial charge in [-0.05, 0) is 0 Å². The number of cyclic esters (lactones) is 1. The van der Waals surface area contributed by atoms with Crippen LogP contribution in [0.15, 0.2) is 12.4 Å². The summed E-state index contributed by atoms with van der Waals surface area (Å²) in [5, 5.41) is 9.01. The molecule has 11 heavy (non-hydrogen) atoms. The maximum absolute atomic E-state index is 10.8. The number of fused-ring (bicyclic) bond motifs is 1. The maximum Gasteiger partial charge on any atom is 0.361 e. The molecule has 1 aliphatic rings. The molecule has 0 aliphatic carbocycles. The van der Waals surface area contributed by atoms with Gasteiger partial charge in [0.05, 0.1) is 0 Å². The molecule has 2 rings (SSSR count). The second-order valence-electron chi connectivity index (χ2n) is 2.05. The molecule has 1 aromatic rings. The minimum atomic E-state index is -1.24. The fraction of sp³-hybridized carbons (Fsp3) is 0.167. The summed E-state index contributed by atoms with van der Waals surface area (Å²) in [7, 11) is 0. The van der Waals surface area contributed by atoms with Gasteiger partial charge < -0.3 is 9.84 Å². The van der Waals surface area contributed by atoms with E-state index in [1.54, 1.807) is 0 Å². The lowest BCUT2D eigenvalue weighted by Crippen LogP contribution is -1.97. The van der Waals surface area contributed by atoms with Gasteiger partial charge in [0.25, 0.3) is 0 Å². The molecule has 0 bridgehead atoms. The van der Waals surface area contributed by atoms with Crippen molar-refractivity contribution in [2.45, 2.75) is 6.29 Å². The number of nitrogens with zero attached hydrogens (tertiary/aromatic N) is 2. The Bertz CT molecular complexity index is 312. The van der Waals surface area contributed by atoms with Gasteiger partial charge >= 0.3 is 5.97 Å². The molecular formula is C6H4N2O3. The number of aliphatic hydroxyl groups excluding tert-OH is 1. The van der Waals surface area contributed by atoms with Crippen molar-refractivity contribution in [1.29, 1.82) is 0 Å². The summed E-state index contributed by atoms with van der Waals surface area (Å²) in [6.07, 6.45) is 1.52. The van der Waals surface area contributed by atoms with Crippen LogP contribution in [0.4, 0.5) is 0 Å². The summed E-state index contributed by atoms with van der Waals surface area (Å²) in [4.78, 5) is 18.2. The molecule has 0 saturated carbocycles. The Kier molecular flexibility index (Phi) is 1.13. The van der Waals surface area contributed by atoms with Gasteiger partial charge in [0.2, 0.25) is 6.29 Å². The van der Waals surface area contributed by atoms with Crippen LogP contribution in [0.5, 0.6) is 0 Å². The van der Waals surface area contributed by atoms with Gasteiger partial charge in [0.15, 0.2) is 5.69 Å². The first-order chi connectivity index (χ1) is 5.29. The average Bonchev–Trinajstić information content (AvgIpc) is 2.30. The molecule has 1 atom stereocenters. The fourth-order valence-corrected chi connectivity index (χ4v) is 0.900. The van der Waals surface area contributed by atoms with Crippen LogP contribution in [-0.4, -0.2) is 21.0 Å². The number of aromatic nitrogens is 2. The van der Waals surface area contributed by atoms with E-state index in [0.29, 0.717) is 0 Å². The van der Waals surface area contributed by atoms with E-state index in [1.165, 1.54) is 12.4 Å². The lowest BCUT2D eigenvalue weighted by Gasteiger charge is -1.97. The van der Waals surface area contributed by atoms with Crippen molar-refractivity contribution >= 4 is 5.97 Å². The SMILES string of the molecule is O=C1OC(O)c2nccnc21. The highest BCUT2D eigenvalue weighted by atomic mass is 16.6. The molecular weight excluding hydrogens is 148 g/mol. The summed E-state index contributed by atoms with van der Waals surface area (Å²) in [5.74, 6) is -0.624. The monoisotopic (exact) mass is 152 g/mol. The minimum Gasteiger partial charge on any atom is -0.425 e. The van der Waals surface area contributed by atoms with Gasteiger partial charge in [-0.15, -0.1) is 0 Å². The van der Waals surface area contributed by atoms with Gasteiger partial charge in [0, 0.05) is 12.4 Å². The van der Waals surface area contributed by atoms with E-state index in [1.807, 2.05) is 0 Å². The van der Waals surface area contributed by atoms with Crippen LogP contribution < -0.4 is 0 Å². The zero-order valence-corrected chi connectivity index (χ0v) is 5.39. The van der Waals surface area contributed by atoms with Crippen molar-refractivity contribution in [3.05, 3.63) is 23.8 Å². The zero-order chi connectivity index (χ0) is 7.84. The maximum atomic E-state index is 10.8. The Balaban J connectivity index is 2.60. The van der Waals surface area contributed by atoms with Crippen LogP contribution in [0.1, 0.15) is 22.5 Å². The summed E-state index contributed by atoms with van der Waals surface area (Å²) < 4.78 is 4.42. The normalized spacial score (nSPS) is 21.2. The van der Waals surface area contributed by atoms with Gasteiger partial charge in [-0.1, -0.05) is 0 Å². The molecule has 56 valence electrons. The Morgan fingerprint density at radius 3 is 2.91 bits per heavy atom. The van der Waals surface area contributed by atoms with E-state index in [9.17, 15) is 4.79 Å². The second kappa shape index (κ2) is 2.00. The molecule has 0 radical (unpaired) electrons.